The normalized spacial score (nSPS) is 10.3. The topological polar surface area (TPSA) is 30.5 Å². The van der Waals surface area contributed by atoms with Crippen molar-refractivity contribution < 1.29 is 9.47 Å². The minimum Gasteiger partial charge on any atom is -0.467 e. The van der Waals surface area contributed by atoms with Crippen LogP contribution in [0.3, 0.4) is 0 Å². The number of nitrogens with one attached hydrogen (secondary N) is 1. The second-order valence-corrected chi connectivity index (χ2v) is 3.35. The van der Waals surface area contributed by atoms with Crippen molar-refractivity contribution >= 4 is 0 Å². The van der Waals surface area contributed by atoms with Crippen LogP contribution in [0.2, 0.25) is 0 Å². The van der Waals surface area contributed by atoms with Gasteiger partial charge in [0, 0.05) is 18.7 Å². The lowest BCUT2D eigenvalue weighted by Gasteiger charge is -2.13. The van der Waals surface area contributed by atoms with Gasteiger partial charge in [-0.15, -0.1) is 0 Å². The number of hydrogen-bond acceptors (Lipinski definition) is 3. The highest BCUT2D eigenvalue weighted by Crippen LogP contribution is 2.23. The van der Waals surface area contributed by atoms with Crippen LogP contribution < -0.4 is 10.1 Å². The lowest BCUT2D eigenvalue weighted by Crippen LogP contribution is -2.10. The summed E-state index contributed by atoms with van der Waals surface area (Å²) in [6, 6.07) is 6.14. The molecule has 3 heteroatoms. The van der Waals surface area contributed by atoms with E-state index in [-0.39, 0.29) is 0 Å². The van der Waals surface area contributed by atoms with Gasteiger partial charge in [-0.3, -0.25) is 0 Å². The van der Waals surface area contributed by atoms with Crippen LogP contribution in [0.15, 0.2) is 18.2 Å². The Morgan fingerprint density at radius 1 is 1.33 bits per heavy atom. The molecule has 0 fully saturated rings. The molecule has 0 atom stereocenters. The maximum Gasteiger partial charge on any atom is 0.189 e. The lowest BCUT2D eigenvalue weighted by molar-refractivity contribution is 0.0214. The van der Waals surface area contributed by atoms with Gasteiger partial charge in [-0.05, 0) is 26.5 Å². The number of benzene rings is 1. The molecule has 0 heterocycles. The average molecular weight is 209 g/mol. The Balaban J connectivity index is 2.72. The number of aryl methyl sites for hydroxylation is 1. The Kier molecular flexibility index (Phi) is 5.15. The Morgan fingerprint density at radius 3 is 2.80 bits per heavy atom. The van der Waals surface area contributed by atoms with Gasteiger partial charge in [-0.1, -0.05) is 18.2 Å². The molecular formula is C12H19NO2. The van der Waals surface area contributed by atoms with Gasteiger partial charge >= 0.3 is 0 Å². The second-order valence-electron chi connectivity index (χ2n) is 3.35. The fourth-order valence-corrected chi connectivity index (χ4v) is 1.43. The third-order valence-electron chi connectivity index (χ3n) is 2.15. The third-order valence-corrected chi connectivity index (χ3v) is 2.15. The van der Waals surface area contributed by atoms with E-state index in [9.17, 15) is 0 Å². The van der Waals surface area contributed by atoms with E-state index in [2.05, 4.69) is 11.4 Å². The zero-order chi connectivity index (χ0) is 11.1. The summed E-state index contributed by atoms with van der Waals surface area (Å²) < 4.78 is 10.8. The molecule has 0 unspecified atom stereocenters. The van der Waals surface area contributed by atoms with Crippen molar-refractivity contribution in [1.29, 1.82) is 0 Å². The molecule has 0 radical (unpaired) electrons. The highest BCUT2D eigenvalue weighted by molar-refractivity contribution is 5.40. The molecule has 0 aliphatic heterocycles. The maximum atomic E-state index is 5.60. The first kappa shape index (κ1) is 12.0. The van der Waals surface area contributed by atoms with Crippen LogP contribution in [-0.4, -0.2) is 20.4 Å². The predicted molar refractivity (Wildman–Crippen MR) is 61.1 cm³/mol. The van der Waals surface area contributed by atoms with Crippen molar-refractivity contribution in [2.45, 2.75) is 20.4 Å². The molecule has 0 aromatic heterocycles. The molecular weight excluding hydrogens is 190 g/mol. The Hall–Kier alpha value is -1.06. The van der Waals surface area contributed by atoms with Gasteiger partial charge < -0.3 is 14.8 Å². The first-order valence-corrected chi connectivity index (χ1v) is 5.23. The molecule has 84 valence electrons. The summed E-state index contributed by atoms with van der Waals surface area (Å²) in [6.45, 7) is 5.80. The maximum absolute atomic E-state index is 5.60. The highest BCUT2D eigenvalue weighted by atomic mass is 16.7. The quantitative estimate of drug-likeness (QED) is 0.575. The first-order valence-electron chi connectivity index (χ1n) is 5.23. The van der Waals surface area contributed by atoms with Crippen LogP contribution in [-0.2, 0) is 11.3 Å². The van der Waals surface area contributed by atoms with Crippen LogP contribution in [0.25, 0.3) is 0 Å². The van der Waals surface area contributed by atoms with Gasteiger partial charge in [0.05, 0.1) is 0 Å². The SMILES string of the molecule is CCOCOc1c(C)cccc1CNC. The highest BCUT2D eigenvalue weighted by Gasteiger charge is 2.05. The van der Waals surface area contributed by atoms with E-state index in [1.54, 1.807) is 0 Å². The predicted octanol–water partition coefficient (Wildman–Crippen LogP) is 2.09. The molecule has 0 saturated heterocycles. The molecule has 0 aliphatic rings. The smallest absolute Gasteiger partial charge is 0.189 e. The molecule has 0 bridgehead atoms. The Morgan fingerprint density at radius 2 is 2.13 bits per heavy atom. The summed E-state index contributed by atoms with van der Waals surface area (Å²) in [5.41, 5.74) is 2.31. The van der Waals surface area contributed by atoms with E-state index in [0.717, 1.165) is 23.4 Å². The molecule has 0 saturated carbocycles. The summed E-state index contributed by atoms with van der Waals surface area (Å²) >= 11 is 0. The van der Waals surface area contributed by atoms with Crippen LogP contribution in [0.4, 0.5) is 0 Å². The van der Waals surface area contributed by atoms with Gasteiger partial charge in [-0.25, -0.2) is 0 Å². The van der Waals surface area contributed by atoms with Gasteiger partial charge in [0.1, 0.15) is 5.75 Å². The van der Waals surface area contributed by atoms with Crippen molar-refractivity contribution in [2.75, 3.05) is 20.4 Å². The van der Waals surface area contributed by atoms with Gasteiger partial charge in [0.15, 0.2) is 6.79 Å². The van der Waals surface area contributed by atoms with Crippen LogP contribution in [0.1, 0.15) is 18.1 Å². The van der Waals surface area contributed by atoms with Crippen LogP contribution >= 0.6 is 0 Å². The summed E-state index contributed by atoms with van der Waals surface area (Å²) in [7, 11) is 1.93. The molecule has 15 heavy (non-hydrogen) atoms. The minimum atomic E-state index is 0.318. The first-order chi connectivity index (χ1) is 7.29. The van der Waals surface area contributed by atoms with Gasteiger partial charge in [0.2, 0.25) is 0 Å². The Bertz CT molecular complexity index is 300. The molecule has 1 aromatic rings. The summed E-state index contributed by atoms with van der Waals surface area (Å²) in [4.78, 5) is 0. The second kappa shape index (κ2) is 6.43. The van der Waals surface area contributed by atoms with Crippen molar-refractivity contribution in [3.05, 3.63) is 29.3 Å². The van der Waals surface area contributed by atoms with Crippen molar-refractivity contribution in [2.24, 2.45) is 0 Å². The van der Waals surface area contributed by atoms with E-state index in [0.29, 0.717) is 13.4 Å². The van der Waals surface area contributed by atoms with E-state index in [4.69, 9.17) is 9.47 Å². The van der Waals surface area contributed by atoms with Crippen molar-refractivity contribution in [3.63, 3.8) is 0 Å². The molecule has 1 N–H and O–H groups in total. The number of ether oxygens (including phenoxy) is 2. The monoisotopic (exact) mass is 209 g/mol. The van der Waals surface area contributed by atoms with Crippen molar-refractivity contribution in [1.82, 2.24) is 5.32 Å². The third kappa shape index (κ3) is 3.53. The fraction of sp³-hybridized carbons (Fsp3) is 0.500. The standard InChI is InChI=1S/C12H19NO2/c1-4-14-9-15-12-10(2)6-5-7-11(12)8-13-3/h5-7,13H,4,8-9H2,1-3H3. The van der Waals surface area contributed by atoms with Gasteiger partial charge in [-0.2, -0.15) is 0 Å². The van der Waals surface area contributed by atoms with Gasteiger partial charge in [0.25, 0.3) is 0 Å². The van der Waals surface area contributed by atoms with E-state index >= 15 is 0 Å². The van der Waals surface area contributed by atoms with Crippen LogP contribution in [0, 0.1) is 6.92 Å². The molecule has 0 aliphatic carbocycles. The fourth-order valence-electron chi connectivity index (χ4n) is 1.43. The van der Waals surface area contributed by atoms with E-state index in [1.807, 2.05) is 33.0 Å². The largest absolute Gasteiger partial charge is 0.467 e. The zero-order valence-electron chi connectivity index (χ0n) is 9.67. The average Bonchev–Trinajstić information content (AvgIpc) is 2.23. The zero-order valence-corrected chi connectivity index (χ0v) is 9.67. The molecule has 0 spiro atoms. The Labute approximate surface area is 91.4 Å². The molecule has 3 nitrogen and oxygen atoms in total. The van der Waals surface area contributed by atoms with Crippen molar-refractivity contribution in [3.8, 4) is 5.75 Å². The number of hydrogen-bond donors (Lipinski definition) is 1. The molecule has 0 amide bonds. The molecule has 1 rings (SSSR count). The summed E-state index contributed by atoms with van der Waals surface area (Å²) in [5.74, 6) is 0.931. The van der Waals surface area contributed by atoms with E-state index in [1.165, 1.54) is 0 Å². The number of para-hydroxylation sites is 1. The summed E-state index contributed by atoms with van der Waals surface area (Å²) in [6.07, 6.45) is 0. The minimum absolute atomic E-state index is 0.318. The van der Waals surface area contributed by atoms with E-state index < -0.39 is 0 Å². The number of rotatable bonds is 6. The summed E-state index contributed by atoms with van der Waals surface area (Å²) in [5, 5.41) is 3.12. The lowest BCUT2D eigenvalue weighted by atomic mass is 10.1. The van der Waals surface area contributed by atoms with Crippen LogP contribution in [0.5, 0.6) is 5.75 Å². The molecule has 1 aromatic carbocycles.